The molecule has 0 amide bonds. The summed E-state index contributed by atoms with van der Waals surface area (Å²) in [6.45, 7) is 7.47. The van der Waals surface area contributed by atoms with Crippen LogP contribution in [0, 0.1) is 18.3 Å². The standard InChI is InChI=1S/C20H25N7/c1-15-17-6-4-8-25(2)19(17)24-20(23-15)27-11-9-26(10-12-27)14-18-16(13-21)5-3-7-22-18/h3,5,7H,4,6,8-12,14H2,1-2H3. The van der Waals surface area contributed by atoms with Crippen LogP contribution in [0.4, 0.5) is 11.8 Å². The van der Waals surface area contributed by atoms with Crippen LogP contribution in [0.15, 0.2) is 18.3 Å². The maximum atomic E-state index is 9.25. The van der Waals surface area contributed by atoms with Crippen molar-refractivity contribution in [2.45, 2.75) is 26.3 Å². The molecule has 0 spiro atoms. The van der Waals surface area contributed by atoms with Gasteiger partial charge in [0.1, 0.15) is 11.9 Å². The smallest absolute Gasteiger partial charge is 0.227 e. The largest absolute Gasteiger partial charge is 0.359 e. The number of fused-ring (bicyclic) bond motifs is 1. The molecule has 4 rings (SSSR count). The Hall–Kier alpha value is -2.72. The molecule has 0 bridgehead atoms. The molecule has 0 aliphatic carbocycles. The first-order chi connectivity index (χ1) is 13.2. The molecule has 2 aromatic heterocycles. The molecule has 0 atom stereocenters. The highest BCUT2D eigenvalue weighted by molar-refractivity contribution is 5.54. The van der Waals surface area contributed by atoms with Crippen molar-refractivity contribution in [3.8, 4) is 6.07 Å². The molecule has 27 heavy (non-hydrogen) atoms. The summed E-state index contributed by atoms with van der Waals surface area (Å²) >= 11 is 0. The molecule has 0 radical (unpaired) electrons. The summed E-state index contributed by atoms with van der Waals surface area (Å²) in [5.74, 6) is 1.94. The second-order valence-corrected chi connectivity index (χ2v) is 7.31. The van der Waals surface area contributed by atoms with Crippen molar-refractivity contribution < 1.29 is 0 Å². The Labute approximate surface area is 160 Å². The molecule has 0 unspecified atom stereocenters. The van der Waals surface area contributed by atoms with Gasteiger partial charge in [0.25, 0.3) is 0 Å². The van der Waals surface area contributed by atoms with Crippen molar-refractivity contribution in [1.29, 1.82) is 5.26 Å². The van der Waals surface area contributed by atoms with Crippen LogP contribution >= 0.6 is 0 Å². The monoisotopic (exact) mass is 363 g/mol. The maximum absolute atomic E-state index is 9.25. The van der Waals surface area contributed by atoms with Crippen LogP contribution in [0.5, 0.6) is 0 Å². The van der Waals surface area contributed by atoms with E-state index in [0.29, 0.717) is 12.1 Å². The lowest BCUT2D eigenvalue weighted by Gasteiger charge is -2.36. The van der Waals surface area contributed by atoms with Crippen molar-refractivity contribution in [1.82, 2.24) is 19.9 Å². The number of aromatic nitrogens is 3. The van der Waals surface area contributed by atoms with Gasteiger partial charge >= 0.3 is 0 Å². The Morgan fingerprint density at radius 2 is 1.96 bits per heavy atom. The third kappa shape index (κ3) is 3.58. The van der Waals surface area contributed by atoms with Gasteiger partial charge in [-0.15, -0.1) is 0 Å². The Morgan fingerprint density at radius 3 is 2.74 bits per heavy atom. The topological polar surface area (TPSA) is 72.2 Å². The minimum Gasteiger partial charge on any atom is -0.359 e. The number of anilines is 2. The summed E-state index contributed by atoms with van der Waals surface area (Å²) in [5.41, 5.74) is 3.93. The van der Waals surface area contributed by atoms with Crippen molar-refractivity contribution in [2.75, 3.05) is 49.6 Å². The number of aryl methyl sites for hydroxylation is 1. The van der Waals surface area contributed by atoms with Crippen LogP contribution < -0.4 is 9.80 Å². The van der Waals surface area contributed by atoms with E-state index in [0.717, 1.165) is 62.3 Å². The Balaban J connectivity index is 1.45. The van der Waals surface area contributed by atoms with Gasteiger partial charge in [0.2, 0.25) is 5.95 Å². The molecule has 2 aliphatic heterocycles. The van der Waals surface area contributed by atoms with Crippen LogP contribution in [-0.2, 0) is 13.0 Å². The first kappa shape index (κ1) is 17.7. The average molecular weight is 363 g/mol. The number of hydrogen-bond acceptors (Lipinski definition) is 7. The average Bonchev–Trinajstić information content (AvgIpc) is 2.70. The summed E-state index contributed by atoms with van der Waals surface area (Å²) in [6, 6.07) is 5.88. The van der Waals surface area contributed by atoms with Gasteiger partial charge in [-0.1, -0.05) is 0 Å². The molecule has 4 heterocycles. The van der Waals surface area contributed by atoms with E-state index in [4.69, 9.17) is 9.97 Å². The summed E-state index contributed by atoms with van der Waals surface area (Å²) in [7, 11) is 2.12. The molecule has 0 saturated carbocycles. The fraction of sp³-hybridized carbons (Fsp3) is 0.500. The van der Waals surface area contributed by atoms with Crippen LogP contribution in [-0.4, -0.2) is 59.6 Å². The first-order valence-electron chi connectivity index (χ1n) is 9.55. The molecular formula is C20H25N7. The van der Waals surface area contributed by atoms with Gasteiger partial charge in [0.05, 0.1) is 11.3 Å². The fourth-order valence-electron chi connectivity index (χ4n) is 3.90. The fourth-order valence-corrected chi connectivity index (χ4v) is 3.90. The highest BCUT2D eigenvalue weighted by Crippen LogP contribution is 2.28. The number of pyridine rings is 1. The molecule has 7 nitrogen and oxygen atoms in total. The van der Waals surface area contributed by atoms with Gasteiger partial charge in [0.15, 0.2) is 0 Å². The Bertz CT molecular complexity index is 865. The Kier molecular flexibility index (Phi) is 4.90. The van der Waals surface area contributed by atoms with Crippen LogP contribution in [0.25, 0.3) is 0 Å². The highest BCUT2D eigenvalue weighted by Gasteiger charge is 2.24. The lowest BCUT2D eigenvalue weighted by atomic mass is 10.0. The molecule has 7 heteroatoms. The van der Waals surface area contributed by atoms with E-state index in [-0.39, 0.29) is 0 Å². The van der Waals surface area contributed by atoms with Crippen molar-refractivity contribution >= 4 is 11.8 Å². The second kappa shape index (κ2) is 7.49. The van der Waals surface area contributed by atoms with E-state index in [1.807, 2.05) is 12.1 Å². The minimum atomic E-state index is 0.664. The van der Waals surface area contributed by atoms with Gasteiger partial charge in [-0.3, -0.25) is 9.88 Å². The molecule has 1 saturated heterocycles. The molecule has 140 valence electrons. The van der Waals surface area contributed by atoms with E-state index in [1.54, 1.807) is 6.20 Å². The second-order valence-electron chi connectivity index (χ2n) is 7.31. The molecule has 0 N–H and O–H groups in total. The van der Waals surface area contributed by atoms with Crippen molar-refractivity contribution in [2.24, 2.45) is 0 Å². The Morgan fingerprint density at radius 1 is 1.15 bits per heavy atom. The molecular weight excluding hydrogens is 338 g/mol. The summed E-state index contributed by atoms with van der Waals surface area (Å²) in [4.78, 5) is 20.9. The zero-order valence-electron chi connectivity index (χ0n) is 16.0. The summed E-state index contributed by atoms with van der Waals surface area (Å²) in [6.07, 6.45) is 4.00. The van der Waals surface area contributed by atoms with E-state index in [1.165, 1.54) is 12.0 Å². The third-order valence-corrected chi connectivity index (χ3v) is 5.50. The zero-order chi connectivity index (χ0) is 18.8. The maximum Gasteiger partial charge on any atom is 0.227 e. The van der Waals surface area contributed by atoms with Crippen LogP contribution in [0.3, 0.4) is 0 Å². The lowest BCUT2D eigenvalue weighted by molar-refractivity contribution is 0.245. The molecule has 2 aromatic rings. The van der Waals surface area contributed by atoms with Gasteiger partial charge in [-0.2, -0.15) is 10.2 Å². The predicted molar refractivity (Wildman–Crippen MR) is 105 cm³/mol. The molecule has 0 aromatic carbocycles. The zero-order valence-corrected chi connectivity index (χ0v) is 16.0. The van der Waals surface area contributed by atoms with E-state index in [9.17, 15) is 5.26 Å². The van der Waals surface area contributed by atoms with E-state index in [2.05, 4.69) is 39.7 Å². The summed E-state index contributed by atoms with van der Waals surface area (Å²) < 4.78 is 0. The lowest BCUT2D eigenvalue weighted by Crippen LogP contribution is -2.47. The number of hydrogen-bond donors (Lipinski definition) is 0. The van der Waals surface area contributed by atoms with Crippen LogP contribution in [0.2, 0.25) is 0 Å². The van der Waals surface area contributed by atoms with Gasteiger partial charge in [-0.05, 0) is 31.9 Å². The number of piperazine rings is 1. The number of nitrogens with zero attached hydrogens (tertiary/aromatic N) is 7. The molecule has 1 fully saturated rings. The SMILES string of the molecule is Cc1nc(N2CCN(Cc3ncccc3C#N)CC2)nc2c1CCCN2C. The number of nitriles is 1. The quantitative estimate of drug-likeness (QED) is 0.823. The molecule has 2 aliphatic rings. The van der Waals surface area contributed by atoms with Crippen molar-refractivity contribution in [3.05, 3.63) is 40.8 Å². The van der Waals surface area contributed by atoms with Crippen LogP contribution in [0.1, 0.15) is 28.9 Å². The van der Waals surface area contributed by atoms with Gasteiger partial charge < -0.3 is 9.80 Å². The van der Waals surface area contributed by atoms with Crippen molar-refractivity contribution in [3.63, 3.8) is 0 Å². The first-order valence-corrected chi connectivity index (χ1v) is 9.55. The highest BCUT2D eigenvalue weighted by atomic mass is 15.3. The number of rotatable bonds is 3. The third-order valence-electron chi connectivity index (χ3n) is 5.50. The van der Waals surface area contributed by atoms with Gasteiger partial charge in [-0.25, -0.2) is 4.98 Å². The minimum absolute atomic E-state index is 0.664. The normalized spacial score (nSPS) is 17.5. The predicted octanol–water partition coefficient (Wildman–Crippen LogP) is 1.76. The van der Waals surface area contributed by atoms with E-state index >= 15 is 0 Å². The van der Waals surface area contributed by atoms with E-state index < -0.39 is 0 Å². The van der Waals surface area contributed by atoms with Gasteiger partial charge in [0, 0.05) is 63.8 Å². The summed E-state index contributed by atoms with van der Waals surface area (Å²) in [5, 5.41) is 9.25.